The van der Waals surface area contributed by atoms with Crippen LogP contribution in [-0.2, 0) is 0 Å². The minimum atomic E-state index is -6.61. The van der Waals surface area contributed by atoms with E-state index >= 15 is 0 Å². The van der Waals surface area contributed by atoms with Crippen LogP contribution in [-0.4, -0.2) is 30.1 Å². The molecule has 0 aromatic carbocycles. The van der Waals surface area contributed by atoms with Gasteiger partial charge >= 0.3 is 12.4 Å². The Balaban J connectivity index is 5.37. The fourth-order valence-corrected chi connectivity index (χ4v) is 1.35. The first-order valence-electron chi connectivity index (χ1n) is 5.02. The van der Waals surface area contributed by atoms with E-state index < -0.39 is 54.1 Å². The van der Waals surface area contributed by atoms with Gasteiger partial charge in [0, 0.05) is 12.8 Å². The number of hydrogen-bond acceptors (Lipinski definition) is 0. The fourth-order valence-electron chi connectivity index (χ4n) is 1.19. The second-order valence-electron chi connectivity index (χ2n) is 4.03. The van der Waals surface area contributed by atoms with Crippen molar-refractivity contribution in [3.8, 4) is 0 Å². The van der Waals surface area contributed by atoms with Crippen LogP contribution in [0.3, 0.4) is 0 Å². The Bertz CT molecular complexity index is 401. The number of rotatable bonds is 5. The van der Waals surface area contributed by atoms with Crippen LogP contribution in [0.1, 0.15) is 12.8 Å². The summed E-state index contributed by atoms with van der Waals surface area (Å²) in [5.41, 5.74) is -6.05. The van der Waals surface area contributed by atoms with Crippen molar-refractivity contribution < 1.29 is 52.7 Å². The minimum absolute atomic E-state index is 2.39. The zero-order valence-corrected chi connectivity index (χ0v) is 10.7. The molecule has 0 aromatic rings. The van der Waals surface area contributed by atoms with Crippen molar-refractivity contribution in [3.05, 3.63) is 11.1 Å². The first-order valence-corrected chi connectivity index (χ1v) is 5.40. The van der Waals surface area contributed by atoms with Crippen molar-refractivity contribution >= 4 is 11.6 Å². The van der Waals surface area contributed by atoms with Crippen molar-refractivity contribution in [2.75, 3.05) is 0 Å². The quantitative estimate of drug-likeness (QED) is 0.523. The molecule has 0 radical (unpaired) electrons. The van der Waals surface area contributed by atoms with E-state index in [1.54, 1.807) is 0 Å². The van der Waals surface area contributed by atoms with E-state index in [1.807, 2.05) is 0 Å². The molecule has 0 heterocycles. The summed E-state index contributed by atoms with van der Waals surface area (Å²) in [6.07, 6.45) is -26.0. The van der Waals surface area contributed by atoms with Crippen molar-refractivity contribution in [2.45, 2.75) is 43.0 Å². The van der Waals surface area contributed by atoms with Crippen LogP contribution in [0, 0.1) is 0 Å². The van der Waals surface area contributed by atoms with Crippen LogP contribution >= 0.6 is 11.6 Å². The summed E-state index contributed by atoms with van der Waals surface area (Å²) < 4.78 is 148. The van der Waals surface area contributed by atoms with E-state index in [2.05, 4.69) is 11.6 Å². The summed E-state index contributed by atoms with van der Waals surface area (Å²) in [5.74, 6) is -5.17. The summed E-state index contributed by atoms with van der Waals surface area (Å²) in [4.78, 5) is 0. The number of allylic oxidation sites excluding steroid dienone is 1. The number of alkyl halides is 10. The highest BCUT2D eigenvalue weighted by atomic mass is 35.5. The van der Waals surface area contributed by atoms with Crippen molar-refractivity contribution in [2.24, 2.45) is 0 Å². The largest absolute Gasteiger partial charge is 0.431 e. The van der Waals surface area contributed by atoms with Gasteiger partial charge in [0.05, 0.1) is 0 Å². The van der Waals surface area contributed by atoms with Crippen molar-refractivity contribution in [3.63, 3.8) is 0 Å². The first-order chi connectivity index (χ1) is 9.47. The van der Waals surface area contributed by atoms with E-state index in [0.29, 0.717) is 0 Å². The van der Waals surface area contributed by atoms with Gasteiger partial charge < -0.3 is 0 Å². The zero-order valence-electron chi connectivity index (χ0n) is 9.91. The predicted octanol–water partition coefficient (Wildman–Crippen LogP) is 5.92. The highest BCUT2D eigenvalue weighted by molar-refractivity contribution is 6.30. The smallest absolute Gasteiger partial charge is 0.234 e. The molecule has 13 heteroatoms. The molecule has 0 saturated heterocycles. The van der Waals surface area contributed by atoms with Crippen LogP contribution in [0.4, 0.5) is 52.7 Å². The summed E-state index contributed by atoms with van der Waals surface area (Å²) in [6.45, 7) is 0. The molecular weight excluding hydrogens is 372 g/mol. The van der Waals surface area contributed by atoms with E-state index in [4.69, 9.17) is 0 Å². The van der Waals surface area contributed by atoms with Gasteiger partial charge in [-0.05, 0) is 0 Å². The van der Waals surface area contributed by atoms with E-state index in [9.17, 15) is 52.7 Å². The zero-order chi connectivity index (χ0) is 18.1. The van der Waals surface area contributed by atoms with Crippen LogP contribution in [0.2, 0.25) is 0 Å². The molecule has 0 rings (SSSR count). The maximum atomic E-state index is 13.1. The molecule has 0 nitrogen and oxygen atoms in total. The third kappa shape index (κ3) is 4.35. The second-order valence-corrected chi connectivity index (χ2v) is 4.44. The highest BCUT2D eigenvalue weighted by Gasteiger charge is 2.72. The second kappa shape index (κ2) is 6.36. The molecule has 0 N–H and O–H groups in total. The van der Waals surface area contributed by atoms with E-state index in [1.165, 1.54) is 0 Å². The van der Waals surface area contributed by atoms with Gasteiger partial charge in [0.25, 0.3) is 17.7 Å². The third-order valence-electron chi connectivity index (χ3n) is 2.48. The van der Waals surface area contributed by atoms with Crippen LogP contribution in [0.15, 0.2) is 11.1 Å². The Labute approximate surface area is 119 Å². The molecule has 0 amide bonds. The van der Waals surface area contributed by atoms with Gasteiger partial charge in [-0.25, -0.2) is 17.6 Å². The summed E-state index contributed by atoms with van der Waals surface area (Å²) in [7, 11) is 0. The van der Waals surface area contributed by atoms with E-state index in [0.717, 1.165) is 0 Å². The molecule has 1 atom stereocenters. The molecule has 0 saturated carbocycles. The predicted molar refractivity (Wildman–Crippen MR) is 50.1 cm³/mol. The molecule has 0 aromatic heterocycles. The number of hydrogen-bond donors (Lipinski definition) is 0. The SMILES string of the molecule is FC(F)=C(Cl)C(F)C(F)(F)CCC(F)(C(F)(F)F)C(F)(F)F. The lowest BCUT2D eigenvalue weighted by Crippen LogP contribution is -2.54. The third-order valence-corrected chi connectivity index (χ3v) is 2.81. The van der Waals surface area contributed by atoms with Crippen LogP contribution < -0.4 is 0 Å². The maximum absolute atomic E-state index is 13.1. The average Bonchev–Trinajstić information content (AvgIpc) is 2.31. The summed E-state index contributed by atoms with van der Waals surface area (Å²) in [6, 6.07) is 0. The molecule has 0 aliphatic carbocycles. The average molecular weight is 377 g/mol. The highest BCUT2D eigenvalue weighted by Crippen LogP contribution is 2.50. The maximum Gasteiger partial charge on any atom is 0.431 e. The monoisotopic (exact) mass is 376 g/mol. The lowest BCUT2D eigenvalue weighted by atomic mass is 9.94. The summed E-state index contributed by atoms with van der Waals surface area (Å²) in [5, 5.41) is -2.39. The van der Waals surface area contributed by atoms with Crippen molar-refractivity contribution in [1.82, 2.24) is 0 Å². The Hall–Kier alpha value is -0.810. The Morgan fingerprint density at radius 2 is 1.14 bits per heavy atom. The normalized spacial score (nSPS) is 15.7. The van der Waals surface area contributed by atoms with Gasteiger partial charge in [-0.15, -0.1) is 0 Å². The topological polar surface area (TPSA) is 0 Å². The molecule has 0 fully saturated rings. The van der Waals surface area contributed by atoms with Crippen molar-refractivity contribution in [1.29, 1.82) is 0 Å². The standard InChI is InChI=1S/C9H5ClF12/c10-3(5(12)13)4(11)6(14,15)1-2-7(16,8(17,18)19)9(20,21)22/h4H,1-2H2. The molecule has 0 bridgehead atoms. The van der Waals surface area contributed by atoms with Crippen LogP contribution in [0.5, 0.6) is 0 Å². The lowest BCUT2D eigenvalue weighted by molar-refractivity contribution is -0.345. The van der Waals surface area contributed by atoms with Gasteiger partial charge in [0.15, 0.2) is 0 Å². The lowest BCUT2D eigenvalue weighted by Gasteiger charge is -2.31. The molecule has 1 unspecified atom stereocenters. The van der Waals surface area contributed by atoms with Gasteiger partial charge in [-0.3, -0.25) is 0 Å². The molecular formula is C9H5ClF12. The molecule has 0 aliphatic rings. The Kier molecular flexibility index (Phi) is 6.13. The molecule has 0 spiro atoms. The fraction of sp³-hybridized carbons (Fsp3) is 0.778. The van der Waals surface area contributed by atoms with Crippen LogP contribution in [0.25, 0.3) is 0 Å². The molecule has 132 valence electrons. The molecule has 22 heavy (non-hydrogen) atoms. The summed E-state index contributed by atoms with van der Waals surface area (Å²) >= 11 is 4.42. The first kappa shape index (κ1) is 21.2. The van der Waals surface area contributed by atoms with Gasteiger partial charge in [-0.2, -0.15) is 35.1 Å². The Morgan fingerprint density at radius 1 is 0.773 bits per heavy atom. The minimum Gasteiger partial charge on any atom is -0.234 e. The Morgan fingerprint density at radius 3 is 1.41 bits per heavy atom. The molecule has 0 aliphatic heterocycles. The van der Waals surface area contributed by atoms with E-state index in [-0.39, 0.29) is 0 Å². The van der Waals surface area contributed by atoms with Gasteiger partial charge in [0.1, 0.15) is 5.03 Å². The number of halogens is 13. The van der Waals surface area contributed by atoms with Gasteiger partial charge in [-0.1, -0.05) is 11.6 Å². The van der Waals surface area contributed by atoms with Gasteiger partial charge in [0.2, 0.25) is 6.17 Å².